The smallest absolute Gasteiger partial charge is 0.339 e. The molecule has 7 heteroatoms. The average Bonchev–Trinajstić information content (AvgIpc) is 2.46. The number of carboxylic acid groups (broad SMARTS) is 1. The quantitative estimate of drug-likeness (QED) is 0.755. The van der Waals surface area contributed by atoms with Gasteiger partial charge in [0.25, 0.3) is 0 Å². The molecule has 1 aromatic heterocycles. The minimum atomic E-state index is -0.895. The molecule has 0 aromatic carbocycles. The molecule has 7 nitrogen and oxygen atoms in total. The summed E-state index contributed by atoms with van der Waals surface area (Å²) in [5.41, 5.74) is 0.912. The molecule has 1 aromatic rings. The number of piperazine rings is 1. The summed E-state index contributed by atoms with van der Waals surface area (Å²) in [5, 5.41) is 12.3. The van der Waals surface area contributed by atoms with Gasteiger partial charge in [0, 0.05) is 19.6 Å². The molecule has 1 saturated heterocycles. The van der Waals surface area contributed by atoms with E-state index in [1.807, 2.05) is 0 Å². The van der Waals surface area contributed by atoms with Gasteiger partial charge in [0.1, 0.15) is 11.9 Å². The second-order valence-electron chi connectivity index (χ2n) is 4.55. The normalized spacial score (nSPS) is 18.7. The molecule has 2 N–H and O–H groups in total. The lowest BCUT2D eigenvalue weighted by atomic mass is 10.1. The predicted molar refractivity (Wildman–Crippen MR) is 72.0 cm³/mol. The van der Waals surface area contributed by atoms with Crippen LogP contribution in [-0.4, -0.2) is 54.8 Å². The molecule has 1 aliphatic rings. The van der Waals surface area contributed by atoms with Crippen molar-refractivity contribution in [1.29, 1.82) is 0 Å². The minimum Gasteiger partial charge on any atom is -0.480 e. The molecular formula is C13H17N3O4. The molecule has 2 rings (SSSR count). The molecule has 0 spiro atoms. The lowest BCUT2D eigenvalue weighted by molar-refractivity contribution is -0.138. The Labute approximate surface area is 116 Å². The second kappa shape index (κ2) is 5.87. The van der Waals surface area contributed by atoms with Crippen molar-refractivity contribution in [3.05, 3.63) is 23.4 Å². The van der Waals surface area contributed by atoms with E-state index < -0.39 is 18.0 Å². The predicted octanol–water partition coefficient (Wildman–Crippen LogP) is 0.0394. The van der Waals surface area contributed by atoms with E-state index in [4.69, 9.17) is 0 Å². The zero-order valence-corrected chi connectivity index (χ0v) is 11.4. The number of aryl methyl sites for hydroxylation is 1. The van der Waals surface area contributed by atoms with Crippen LogP contribution in [0, 0.1) is 6.92 Å². The van der Waals surface area contributed by atoms with E-state index in [9.17, 15) is 14.7 Å². The highest BCUT2D eigenvalue weighted by atomic mass is 16.5. The lowest BCUT2D eigenvalue weighted by Gasteiger charge is -2.34. The first-order chi connectivity index (χ1) is 9.54. The number of rotatable bonds is 3. The van der Waals surface area contributed by atoms with Gasteiger partial charge in [0.2, 0.25) is 0 Å². The molecule has 0 aliphatic carbocycles. The van der Waals surface area contributed by atoms with Gasteiger partial charge in [0.15, 0.2) is 0 Å². The van der Waals surface area contributed by atoms with Crippen molar-refractivity contribution in [3.63, 3.8) is 0 Å². The fraction of sp³-hybridized carbons (Fsp3) is 0.462. The van der Waals surface area contributed by atoms with Crippen LogP contribution in [0.3, 0.4) is 0 Å². The Morgan fingerprint density at radius 2 is 2.25 bits per heavy atom. The van der Waals surface area contributed by atoms with Crippen LogP contribution in [0.4, 0.5) is 5.82 Å². The fourth-order valence-electron chi connectivity index (χ4n) is 2.23. The second-order valence-corrected chi connectivity index (χ2v) is 4.55. The van der Waals surface area contributed by atoms with Crippen molar-refractivity contribution < 1.29 is 19.4 Å². The summed E-state index contributed by atoms with van der Waals surface area (Å²) in [6, 6.07) is 2.62. The fourth-order valence-corrected chi connectivity index (χ4v) is 2.23. The molecular weight excluding hydrogens is 262 g/mol. The van der Waals surface area contributed by atoms with Gasteiger partial charge >= 0.3 is 11.9 Å². The van der Waals surface area contributed by atoms with Crippen molar-refractivity contribution in [1.82, 2.24) is 10.3 Å². The van der Waals surface area contributed by atoms with Gasteiger partial charge in [-0.15, -0.1) is 0 Å². The molecule has 2 heterocycles. The maximum Gasteiger partial charge on any atom is 0.339 e. The molecule has 0 saturated carbocycles. The summed E-state index contributed by atoms with van der Waals surface area (Å²) >= 11 is 0. The largest absolute Gasteiger partial charge is 0.480 e. The number of aromatic nitrogens is 1. The van der Waals surface area contributed by atoms with E-state index in [0.717, 1.165) is 0 Å². The van der Waals surface area contributed by atoms with Gasteiger partial charge in [-0.2, -0.15) is 0 Å². The number of methoxy groups -OCH3 is 1. The lowest BCUT2D eigenvalue weighted by Crippen LogP contribution is -2.55. The number of hydrogen-bond donors (Lipinski definition) is 2. The summed E-state index contributed by atoms with van der Waals surface area (Å²) in [6.07, 6.45) is 0. The maximum atomic E-state index is 11.5. The first-order valence-electron chi connectivity index (χ1n) is 6.30. The van der Waals surface area contributed by atoms with E-state index in [0.29, 0.717) is 36.7 Å². The average molecular weight is 279 g/mol. The van der Waals surface area contributed by atoms with Crippen LogP contribution < -0.4 is 10.2 Å². The van der Waals surface area contributed by atoms with Crippen LogP contribution in [0.1, 0.15) is 16.1 Å². The highest BCUT2D eigenvalue weighted by Crippen LogP contribution is 2.19. The number of hydrogen-bond acceptors (Lipinski definition) is 6. The highest BCUT2D eigenvalue weighted by molar-refractivity contribution is 5.90. The summed E-state index contributed by atoms with van der Waals surface area (Å²) in [6.45, 7) is 3.33. The number of carboxylic acids is 1. The summed E-state index contributed by atoms with van der Waals surface area (Å²) in [5.74, 6) is -0.783. The molecule has 108 valence electrons. The topological polar surface area (TPSA) is 91.8 Å². The standard InChI is InChI=1S/C13H17N3O4/c1-8-9(13(19)20-2)3-4-11(15-8)16-6-5-14-7-10(16)12(17)18/h3-4,10,14H,5-7H2,1-2H3,(H,17,18). The number of nitrogens with one attached hydrogen (secondary N) is 1. The Bertz CT molecular complexity index is 532. The van der Waals surface area contributed by atoms with E-state index in [1.54, 1.807) is 24.0 Å². The summed E-state index contributed by atoms with van der Waals surface area (Å²) < 4.78 is 4.67. The van der Waals surface area contributed by atoms with E-state index in [-0.39, 0.29) is 0 Å². The van der Waals surface area contributed by atoms with Crippen molar-refractivity contribution in [3.8, 4) is 0 Å². The summed E-state index contributed by atoms with van der Waals surface area (Å²) in [4.78, 5) is 28.8. The number of carbonyl (C=O) groups is 2. The van der Waals surface area contributed by atoms with Gasteiger partial charge in [-0.05, 0) is 19.1 Å². The van der Waals surface area contributed by atoms with Gasteiger partial charge in [-0.3, -0.25) is 0 Å². The maximum absolute atomic E-state index is 11.5. The third-order valence-electron chi connectivity index (χ3n) is 3.30. The third kappa shape index (κ3) is 2.72. The number of esters is 1. The minimum absolute atomic E-state index is 0.370. The number of nitrogens with zero attached hydrogens (tertiary/aromatic N) is 2. The Morgan fingerprint density at radius 1 is 1.50 bits per heavy atom. The molecule has 1 atom stereocenters. The molecule has 0 radical (unpaired) electrons. The molecule has 1 unspecified atom stereocenters. The van der Waals surface area contributed by atoms with Gasteiger partial charge < -0.3 is 20.1 Å². The SMILES string of the molecule is COC(=O)c1ccc(N2CCNCC2C(=O)O)nc1C. The first-order valence-corrected chi connectivity index (χ1v) is 6.30. The van der Waals surface area contributed by atoms with Gasteiger partial charge in [0.05, 0.1) is 18.4 Å². The van der Waals surface area contributed by atoms with E-state index in [2.05, 4.69) is 15.0 Å². The van der Waals surface area contributed by atoms with Crippen molar-refractivity contribution in [2.24, 2.45) is 0 Å². The van der Waals surface area contributed by atoms with E-state index >= 15 is 0 Å². The van der Waals surface area contributed by atoms with Gasteiger partial charge in [-0.1, -0.05) is 0 Å². The van der Waals surface area contributed by atoms with Crippen LogP contribution in [0.15, 0.2) is 12.1 Å². The molecule has 20 heavy (non-hydrogen) atoms. The number of anilines is 1. The summed E-state index contributed by atoms with van der Waals surface area (Å²) in [7, 11) is 1.31. The third-order valence-corrected chi connectivity index (χ3v) is 3.30. The van der Waals surface area contributed by atoms with E-state index in [1.165, 1.54) is 7.11 Å². The van der Waals surface area contributed by atoms with Crippen molar-refractivity contribution >= 4 is 17.8 Å². The first kappa shape index (κ1) is 14.3. The molecule has 1 aliphatic heterocycles. The Morgan fingerprint density at radius 3 is 2.85 bits per heavy atom. The Balaban J connectivity index is 2.30. The molecule has 0 amide bonds. The van der Waals surface area contributed by atoms with Crippen LogP contribution in [0.5, 0.6) is 0 Å². The number of pyridine rings is 1. The van der Waals surface area contributed by atoms with Crippen LogP contribution in [0.25, 0.3) is 0 Å². The highest BCUT2D eigenvalue weighted by Gasteiger charge is 2.29. The number of aliphatic carboxylic acids is 1. The monoisotopic (exact) mass is 279 g/mol. The molecule has 0 bridgehead atoms. The van der Waals surface area contributed by atoms with Crippen molar-refractivity contribution in [2.75, 3.05) is 31.6 Å². The van der Waals surface area contributed by atoms with Crippen LogP contribution >= 0.6 is 0 Å². The van der Waals surface area contributed by atoms with Crippen LogP contribution in [0.2, 0.25) is 0 Å². The molecule has 1 fully saturated rings. The van der Waals surface area contributed by atoms with Crippen molar-refractivity contribution in [2.45, 2.75) is 13.0 Å². The Kier molecular flexibility index (Phi) is 4.19. The Hall–Kier alpha value is -2.15. The zero-order chi connectivity index (χ0) is 14.7. The van der Waals surface area contributed by atoms with Gasteiger partial charge in [-0.25, -0.2) is 14.6 Å². The number of carbonyl (C=O) groups excluding carboxylic acids is 1. The zero-order valence-electron chi connectivity index (χ0n) is 11.4. The van der Waals surface area contributed by atoms with Crippen LogP contribution in [-0.2, 0) is 9.53 Å². The number of ether oxygens (including phenoxy) is 1.